The maximum Gasteiger partial charge on any atom is 0.412 e. The molecule has 0 aromatic heterocycles. The third kappa shape index (κ3) is 8.38. The molecule has 8 heteroatoms. The lowest BCUT2D eigenvalue weighted by atomic mass is 10.2. The molecular weight excluding hydrogens is 415 g/mol. The second kappa shape index (κ2) is 12.0. The van der Waals surface area contributed by atoms with Crippen LogP contribution in [0.3, 0.4) is 0 Å². The number of carbonyl (C=O) groups is 1. The van der Waals surface area contributed by atoms with Crippen LogP contribution in [-0.4, -0.2) is 54.5 Å². The minimum absolute atomic E-state index is 0.0218. The molecule has 30 heavy (non-hydrogen) atoms. The Labute approximate surface area is 179 Å². The zero-order chi connectivity index (χ0) is 22.0. The van der Waals surface area contributed by atoms with E-state index < -0.39 is 11.7 Å². The number of hydrogen-bond donors (Lipinski definition) is 1. The molecule has 1 atom stereocenters. The summed E-state index contributed by atoms with van der Waals surface area (Å²) in [4.78, 5) is 13.1. The van der Waals surface area contributed by atoms with Gasteiger partial charge in [0.25, 0.3) is 0 Å². The number of nitrogens with zero attached hydrogens (tertiary/aromatic N) is 1. The number of rotatable bonds is 6. The van der Waals surface area contributed by atoms with Crippen molar-refractivity contribution in [3.8, 4) is 5.75 Å². The van der Waals surface area contributed by atoms with Crippen molar-refractivity contribution in [3.05, 3.63) is 64.6 Å². The Bertz CT molecular complexity index is 773. The second-order valence-electron chi connectivity index (χ2n) is 6.94. The van der Waals surface area contributed by atoms with Gasteiger partial charge in [0.05, 0.1) is 6.61 Å². The number of benzene rings is 1. The predicted octanol–water partition coefficient (Wildman–Crippen LogP) is 4.51. The molecule has 1 saturated heterocycles. The number of thioether (sulfide) groups is 1. The van der Waals surface area contributed by atoms with E-state index in [2.05, 4.69) is 11.9 Å². The predicted molar refractivity (Wildman–Crippen MR) is 113 cm³/mol. The van der Waals surface area contributed by atoms with Gasteiger partial charge < -0.3 is 14.7 Å². The molecule has 1 aliphatic heterocycles. The molecule has 2 aliphatic rings. The molecule has 4 nitrogen and oxygen atoms in total. The fraction of sp³-hybridized carbons (Fsp3) is 0.409. The zero-order valence-corrected chi connectivity index (χ0v) is 17.6. The quantitative estimate of drug-likeness (QED) is 0.658. The molecule has 1 unspecified atom stereocenters. The Morgan fingerprint density at radius 2 is 2.00 bits per heavy atom. The minimum atomic E-state index is -4.21. The SMILES string of the molecule is CN1CCC(SC2=CC=C(C(F)(F)F)CC=C2)C1.O=CCOc1ccc(CO)cc1. The van der Waals surface area contributed by atoms with Gasteiger partial charge in [-0.3, -0.25) is 4.79 Å². The highest BCUT2D eigenvalue weighted by Crippen LogP contribution is 2.34. The van der Waals surface area contributed by atoms with Gasteiger partial charge in [-0.15, -0.1) is 11.8 Å². The number of ether oxygens (including phenoxy) is 1. The van der Waals surface area contributed by atoms with Crippen LogP contribution in [0.4, 0.5) is 13.2 Å². The number of carbonyl (C=O) groups excluding carboxylic acids is 1. The number of aliphatic hydroxyl groups is 1. The number of aliphatic hydroxyl groups excluding tert-OH is 1. The van der Waals surface area contributed by atoms with Gasteiger partial charge in [0.1, 0.15) is 12.4 Å². The van der Waals surface area contributed by atoms with Crippen molar-refractivity contribution in [3.63, 3.8) is 0 Å². The molecule has 1 N–H and O–H groups in total. The van der Waals surface area contributed by atoms with Crippen LogP contribution in [0.5, 0.6) is 5.75 Å². The first-order valence-electron chi connectivity index (χ1n) is 9.58. The average Bonchev–Trinajstić information content (AvgIpc) is 2.97. The van der Waals surface area contributed by atoms with Crippen LogP contribution in [0.2, 0.25) is 0 Å². The summed E-state index contributed by atoms with van der Waals surface area (Å²) >= 11 is 1.68. The van der Waals surface area contributed by atoms with E-state index in [1.165, 1.54) is 6.08 Å². The molecular formula is C22H26F3NO3S. The summed E-state index contributed by atoms with van der Waals surface area (Å²) in [6.45, 7) is 2.16. The van der Waals surface area contributed by atoms with Crippen molar-refractivity contribution in [1.29, 1.82) is 0 Å². The Kier molecular flexibility index (Phi) is 9.68. The maximum atomic E-state index is 12.6. The number of halogens is 3. The van der Waals surface area contributed by atoms with Gasteiger partial charge in [-0.2, -0.15) is 13.2 Å². The van der Waals surface area contributed by atoms with Crippen LogP contribution in [-0.2, 0) is 11.4 Å². The van der Waals surface area contributed by atoms with Crippen molar-refractivity contribution >= 4 is 18.0 Å². The van der Waals surface area contributed by atoms with Crippen LogP contribution >= 0.6 is 11.8 Å². The first kappa shape index (κ1) is 24.2. The standard InChI is InChI=1S/C13H16F3NS.C9H10O3/c1-17-8-7-12(9-17)18-11-4-2-3-10(5-6-11)13(14,15)16;10-5-6-12-9-3-1-8(7-11)2-4-9/h2,4-6,12H,3,7-9H2,1H3;1-5,11H,6-7H2. The second-order valence-corrected chi connectivity index (χ2v) is 8.31. The van der Waals surface area contributed by atoms with Gasteiger partial charge in [0, 0.05) is 22.3 Å². The fourth-order valence-corrected chi connectivity index (χ4v) is 4.16. The van der Waals surface area contributed by atoms with E-state index in [0.717, 1.165) is 30.0 Å². The lowest BCUT2D eigenvalue weighted by Gasteiger charge is -2.10. The summed E-state index contributed by atoms with van der Waals surface area (Å²) in [5, 5.41) is 9.20. The van der Waals surface area contributed by atoms with E-state index in [9.17, 15) is 18.0 Å². The van der Waals surface area contributed by atoms with Gasteiger partial charge >= 0.3 is 6.18 Å². The van der Waals surface area contributed by atoms with Gasteiger partial charge in [-0.25, -0.2) is 0 Å². The molecule has 164 valence electrons. The van der Waals surface area contributed by atoms with Crippen molar-refractivity contribution in [1.82, 2.24) is 4.90 Å². The molecule has 0 radical (unpaired) electrons. The minimum Gasteiger partial charge on any atom is -0.486 e. The number of aldehydes is 1. The molecule has 0 saturated carbocycles. The summed E-state index contributed by atoms with van der Waals surface area (Å²) in [5.41, 5.74) is 0.353. The number of hydrogen-bond acceptors (Lipinski definition) is 5. The van der Waals surface area contributed by atoms with Gasteiger partial charge in [-0.1, -0.05) is 30.4 Å². The highest BCUT2D eigenvalue weighted by molar-refractivity contribution is 8.03. The van der Waals surface area contributed by atoms with Crippen LogP contribution in [0.1, 0.15) is 18.4 Å². The molecule has 0 spiro atoms. The first-order valence-corrected chi connectivity index (χ1v) is 10.5. The monoisotopic (exact) mass is 441 g/mol. The summed E-state index contributed by atoms with van der Waals surface area (Å²) in [7, 11) is 2.07. The summed E-state index contributed by atoms with van der Waals surface area (Å²) in [6, 6.07) is 6.93. The zero-order valence-electron chi connectivity index (χ0n) is 16.8. The average molecular weight is 442 g/mol. The summed E-state index contributed by atoms with van der Waals surface area (Å²) in [6.07, 6.45) is 3.75. The molecule has 0 bridgehead atoms. The van der Waals surface area contributed by atoms with Crippen LogP contribution in [0, 0.1) is 0 Å². The molecule has 1 aromatic rings. The van der Waals surface area contributed by atoms with Crippen molar-refractivity contribution in [2.45, 2.75) is 30.9 Å². The van der Waals surface area contributed by atoms with Crippen molar-refractivity contribution in [2.24, 2.45) is 0 Å². The lowest BCUT2D eigenvalue weighted by Crippen LogP contribution is -2.14. The van der Waals surface area contributed by atoms with E-state index in [4.69, 9.17) is 9.84 Å². The van der Waals surface area contributed by atoms with Gasteiger partial charge in [-0.05, 0) is 50.2 Å². The van der Waals surface area contributed by atoms with Gasteiger partial charge in [0.15, 0.2) is 6.29 Å². The van der Waals surface area contributed by atoms with Crippen LogP contribution in [0.25, 0.3) is 0 Å². The smallest absolute Gasteiger partial charge is 0.412 e. The van der Waals surface area contributed by atoms with Crippen LogP contribution < -0.4 is 4.74 Å². The topological polar surface area (TPSA) is 49.8 Å². The number of likely N-dealkylation sites (tertiary alicyclic amines) is 1. The number of alkyl halides is 3. The lowest BCUT2D eigenvalue weighted by molar-refractivity contribution is -0.109. The normalized spacial score (nSPS) is 19.3. The molecule has 1 aliphatic carbocycles. The molecule has 3 rings (SSSR count). The Morgan fingerprint density at radius 1 is 1.27 bits per heavy atom. The van der Waals surface area contributed by atoms with E-state index in [0.29, 0.717) is 17.3 Å². The Balaban J connectivity index is 0.000000232. The highest BCUT2D eigenvalue weighted by Gasteiger charge is 2.32. The molecule has 1 heterocycles. The van der Waals surface area contributed by atoms with E-state index in [1.807, 2.05) is 0 Å². The van der Waals surface area contributed by atoms with E-state index in [1.54, 1.807) is 54.3 Å². The molecule has 0 amide bonds. The number of allylic oxidation sites excluding steroid dienone is 5. The summed E-state index contributed by atoms with van der Waals surface area (Å²) < 4.78 is 42.7. The Morgan fingerprint density at radius 3 is 2.57 bits per heavy atom. The summed E-state index contributed by atoms with van der Waals surface area (Å²) in [5.74, 6) is 0.638. The third-order valence-corrected chi connectivity index (χ3v) is 5.77. The van der Waals surface area contributed by atoms with Gasteiger partial charge in [0.2, 0.25) is 0 Å². The van der Waals surface area contributed by atoms with Crippen LogP contribution in [0.15, 0.2) is 59.0 Å². The highest BCUT2D eigenvalue weighted by atomic mass is 32.2. The largest absolute Gasteiger partial charge is 0.486 e. The van der Waals surface area contributed by atoms with E-state index >= 15 is 0 Å². The molecule has 1 fully saturated rings. The fourth-order valence-electron chi connectivity index (χ4n) is 2.90. The van der Waals surface area contributed by atoms with E-state index in [-0.39, 0.29) is 19.6 Å². The Hall–Kier alpha value is -2.03. The third-order valence-electron chi connectivity index (χ3n) is 4.51. The van der Waals surface area contributed by atoms with Crippen molar-refractivity contribution in [2.75, 3.05) is 26.7 Å². The van der Waals surface area contributed by atoms with Crippen molar-refractivity contribution < 1.29 is 27.8 Å². The first-order chi connectivity index (χ1) is 14.3. The maximum absolute atomic E-state index is 12.6. The molecule has 1 aromatic carbocycles.